The summed E-state index contributed by atoms with van der Waals surface area (Å²) >= 11 is 0. The maximum Gasteiger partial charge on any atom is 0.147 e. The van der Waals surface area contributed by atoms with Gasteiger partial charge in [-0.2, -0.15) is 0 Å². The van der Waals surface area contributed by atoms with E-state index < -0.39 is 9.84 Å². The van der Waals surface area contributed by atoms with Gasteiger partial charge in [-0.15, -0.1) is 0 Å². The molecule has 1 atom stereocenters. The van der Waals surface area contributed by atoms with Crippen LogP contribution in [0.4, 0.5) is 0 Å². The van der Waals surface area contributed by atoms with Crippen molar-refractivity contribution in [2.24, 2.45) is 17.8 Å². The van der Waals surface area contributed by atoms with Gasteiger partial charge >= 0.3 is 0 Å². The first-order chi connectivity index (χ1) is 7.70. The summed E-state index contributed by atoms with van der Waals surface area (Å²) in [4.78, 5) is 0. The van der Waals surface area contributed by atoms with Crippen molar-refractivity contribution < 1.29 is 8.42 Å². The van der Waals surface area contributed by atoms with Gasteiger partial charge in [0.2, 0.25) is 0 Å². The molecule has 0 aromatic carbocycles. The van der Waals surface area contributed by atoms with Gasteiger partial charge in [0.05, 0.1) is 5.75 Å². The molecule has 1 N–H and O–H groups in total. The fourth-order valence-corrected chi connectivity index (χ4v) is 2.69. The van der Waals surface area contributed by atoms with Crippen molar-refractivity contribution in [2.75, 3.05) is 25.1 Å². The number of hydrogen-bond donors (Lipinski definition) is 1. The molecule has 0 heterocycles. The van der Waals surface area contributed by atoms with Crippen LogP contribution in [0.25, 0.3) is 0 Å². The van der Waals surface area contributed by atoms with Crippen LogP contribution in [0.5, 0.6) is 0 Å². The first-order valence-corrected chi connectivity index (χ1v) is 8.65. The lowest BCUT2D eigenvalue weighted by Crippen LogP contribution is -2.28. The molecular formula is C13H29NO2S. The lowest BCUT2D eigenvalue weighted by atomic mass is 9.94. The number of sulfone groups is 1. The van der Waals surface area contributed by atoms with Crippen LogP contribution in [-0.4, -0.2) is 33.5 Å². The Morgan fingerprint density at radius 2 is 1.59 bits per heavy atom. The van der Waals surface area contributed by atoms with E-state index in [1.54, 1.807) is 0 Å². The van der Waals surface area contributed by atoms with Crippen LogP contribution < -0.4 is 5.32 Å². The molecule has 0 amide bonds. The first kappa shape index (κ1) is 16.9. The maximum atomic E-state index is 11.2. The fraction of sp³-hybridized carbons (Fsp3) is 1.00. The Bertz CT molecular complexity index is 284. The van der Waals surface area contributed by atoms with Gasteiger partial charge in [-0.3, -0.25) is 0 Å². The lowest BCUT2D eigenvalue weighted by Gasteiger charge is -2.20. The quantitative estimate of drug-likeness (QED) is 0.694. The molecule has 3 nitrogen and oxygen atoms in total. The van der Waals surface area contributed by atoms with Crippen molar-refractivity contribution in [2.45, 2.75) is 40.5 Å². The predicted molar refractivity (Wildman–Crippen MR) is 75.0 cm³/mol. The van der Waals surface area contributed by atoms with E-state index in [-0.39, 0.29) is 0 Å². The Kier molecular flexibility index (Phi) is 8.05. The van der Waals surface area contributed by atoms with Gasteiger partial charge in [-0.05, 0) is 43.7 Å². The monoisotopic (exact) mass is 263 g/mol. The number of nitrogens with one attached hydrogen (secondary N) is 1. The predicted octanol–water partition coefficient (Wildman–Crippen LogP) is 2.33. The molecule has 0 rings (SSSR count). The summed E-state index contributed by atoms with van der Waals surface area (Å²) in [6.07, 6.45) is 3.20. The van der Waals surface area contributed by atoms with Crippen molar-refractivity contribution >= 4 is 9.84 Å². The molecule has 1 unspecified atom stereocenters. The van der Waals surface area contributed by atoms with E-state index in [9.17, 15) is 8.42 Å². The van der Waals surface area contributed by atoms with Crippen LogP contribution in [0.2, 0.25) is 0 Å². The van der Waals surface area contributed by atoms with Crippen LogP contribution >= 0.6 is 0 Å². The van der Waals surface area contributed by atoms with Crippen molar-refractivity contribution in [3.8, 4) is 0 Å². The average Bonchev–Trinajstić information content (AvgIpc) is 2.11. The molecule has 0 bridgehead atoms. The van der Waals surface area contributed by atoms with Crippen LogP contribution in [0, 0.1) is 17.8 Å². The van der Waals surface area contributed by atoms with Crippen molar-refractivity contribution in [3.05, 3.63) is 0 Å². The van der Waals surface area contributed by atoms with E-state index in [1.807, 2.05) is 0 Å². The second-order valence-corrected chi connectivity index (χ2v) is 8.23. The van der Waals surface area contributed by atoms with E-state index >= 15 is 0 Å². The van der Waals surface area contributed by atoms with Crippen molar-refractivity contribution in [3.63, 3.8) is 0 Å². The normalized spacial score (nSPS) is 14.5. The van der Waals surface area contributed by atoms with Gasteiger partial charge in [-0.25, -0.2) is 8.42 Å². The van der Waals surface area contributed by atoms with Crippen LogP contribution in [0.3, 0.4) is 0 Å². The third kappa shape index (κ3) is 12.2. The molecule has 0 radical (unpaired) electrons. The van der Waals surface area contributed by atoms with Crippen LogP contribution in [-0.2, 0) is 9.84 Å². The van der Waals surface area contributed by atoms with Crippen LogP contribution in [0.1, 0.15) is 40.5 Å². The third-order valence-corrected chi connectivity index (χ3v) is 3.66. The minimum atomic E-state index is -2.82. The molecule has 0 spiro atoms. The van der Waals surface area contributed by atoms with Gasteiger partial charge in [-0.1, -0.05) is 27.7 Å². The molecule has 0 fully saturated rings. The van der Waals surface area contributed by atoms with Crippen LogP contribution in [0.15, 0.2) is 0 Å². The second-order valence-electron chi connectivity index (χ2n) is 5.97. The smallest absolute Gasteiger partial charge is 0.147 e. The maximum absolute atomic E-state index is 11.2. The molecule has 0 aromatic heterocycles. The largest absolute Gasteiger partial charge is 0.316 e. The van der Waals surface area contributed by atoms with Gasteiger partial charge in [0.15, 0.2) is 0 Å². The van der Waals surface area contributed by atoms with Gasteiger partial charge in [0, 0.05) is 6.26 Å². The molecule has 0 aliphatic heterocycles. The fourth-order valence-electron chi connectivity index (χ4n) is 1.93. The highest BCUT2D eigenvalue weighted by atomic mass is 32.2. The van der Waals surface area contributed by atoms with E-state index in [4.69, 9.17) is 0 Å². The topological polar surface area (TPSA) is 46.2 Å². The van der Waals surface area contributed by atoms with Gasteiger partial charge < -0.3 is 5.32 Å². The SMILES string of the molecule is CC(C)CNCC(CCS(C)(=O)=O)CC(C)C. The highest BCUT2D eigenvalue weighted by Crippen LogP contribution is 2.15. The molecule has 0 saturated carbocycles. The summed E-state index contributed by atoms with van der Waals surface area (Å²) in [5.41, 5.74) is 0. The number of hydrogen-bond acceptors (Lipinski definition) is 3. The summed E-state index contributed by atoms with van der Waals surface area (Å²) in [6, 6.07) is 0. The van der Waals surface area contributed by atoms with E-state index in [2.05, 4.69) is 33.0 Å². The minimum absolute atomic E-state index is 0.313. The zero-order valence-corrected chi connectivity index (χ0v) is 12.8. The molecule has 0 aliphatic rings. The highest BCUT2D eigenvalue weighted by molar-refractivity contribution is 7.90. The number of rotatable bonds is 9. The average molecular weight is 263 g/mol. The summed E-state index contributed by atoms with van der Waals surface area (Å²) in [6.45, 7) is 10.7. The standard InChI is InChI=1S/C13H29NO2S/c1-11(2)8-13(6-7-17(5,15)16)10-14-9-12(3)4/h11-14H,6-10H2,1-5H3. The third-order valence-electron chi connectivity index (χ3n) is 2.69. The lowest BCUT2D eigenvalue weighted by molar-refractivity contribution is 0.369. The van der Waals surface area contributed by atoms with Crippen molar-refractivity contribution in [1.29, 1.82) is 0 Å². The van der Waals surface area contributed by atoms with E-state index in [0.29, 0.717) is 23.5 Å². The summed E-state index contributed by atoms with van der Waals surface area (Å²) in [5, 5.41) is 3.43. The molecule has 0 saturated heterocycles. The Labute approximate surface area is 107 Å². The zero-order chi connectivity index (χ0) is 13.5. The summed E-state index contributed by atoms with van der Waals surface area (Å²) < 4.78 is 22.4. The molecule has 4 heteroatoms. The molecular weight excluding hydrogens is 234 g/mol. The Hall–Kier alpha value is -0.0900. The summed E-state index contributed by atoms with van der Waals surface area (Å²) in [7, 11) is -2.82. The molecule has 104 valence electrons. The van der Waals surface area contributed by atoms with E-state index in [0.717, 1.165) is 25.9 Å². The second kappa shape index (κ2) is 8.09. The Balaban J connectivity index is 4.05. The van der Waals surface area contributed by atoms with Crippen molar-refractivity contribution in [1.82, 2.24) is 5.32 Å². The van der Waals surface area contributed by atoms with Gasteiger partial charge in [0.25, 0.3) is 0 Å². The zero-order valence-electron chi connectivity index (χ0n) is 12.0. The van der Waals surface area contributed by atoms with E-state index in [1.165, 1.54) is 6.26 Å². The Morgan fingerprint density at radius 3 is 2.00 bits per heavy atom. The highest BCUT2D eigenvalue weighted by Gasteiger charge is 2.14. The van der Waals surface area contributed by atoms with Gasteiger partial charge in [0.1, 0.15) is 9.84 Å². The molecule has 17 heavy (non-hydrogen) atoms. The first-order valence-electron chi connectivity index (χ1n) is 6.59. The molecule has 0 aromatic rings. The summed E-state index contributed by atoms with van der Waals surface area (Å²) in [5.74, 6) is 2.06. The molecule has 0 aliphatic carbocycles. The minimum Gasteiger partial charge on any atom is -0.316 e. The Morgan fingerprint density at radius 1 is 1.00 bits per heavy atom.